The standard InChI is InChI=1S/C34H39FN4O7/c1-5-7-8-28(42)38(13-17(3)40)15-27(41)36-24-10-9-19-18(4)23(35)12-25-29(19)30(24)20-14-39-26(31(20)37-25)11-22-21(32(39)43)16-46-33(44)34(22,45)6-2/h11-12,17,24,40,45H,5-10,13-16H2,1-4H3,(H,36,41)/t17?,24?,34-/m0/s1. The van der Waals surface area contributed by atoms with Gasteiger partial charge in [0.05, 0.1) is 47.7 Å². The van der Waals surface area contributed by atoms with Crippen molar-refractivity contribution >= 4 is 28.7 Å². The number of amides is 2. The van der Waals surface area contributed by atoms with Crippen LogP contribution in [-0.4, -0.2) is 61.6 Å². The molecule has 12 heteroatoms. The second-order valence-corrected chi connectivity index (χ2v) is 12.7. The Kier molecular flexibility index (Phi) is 8.22. The number of unbranched alkanes of at least 4 members (excludes halogenated alkanes) is 1. The predicted octanol–water partition coefficient (Wildman–Crippen LogP) is 3.03. The lowest BCUT2D eigenvalue weighted by molar-refractivity contribution is -0.172. The first-order valence-electron chi connectivity index (χ1n) is 16.0. The van der Waals surface area contributed by atoms with Gasteiger partial charge in [-0.3, -0.25) is 14.4 Å². The van der Waals surface area contributed by atoms with E-state index in [1.807, 2.05) is 6.92 Å². The molecule has 244 valence electrons. The first-order chi connectivity index (χ1) is 21.9. The molecule has 0 spiro atoms. The Morgan fingerprint density at radius 1 is 1.24 bits per heavy atom. The van der Waals surface area contributed by atoms with E-state index < -0.39 is 41.0 Å². The summed E-state index contributed by atoms with van der Waals surface area (Å²) in [7, 11) is 0. The highest BCUT2D eigenvalue weighted by Gasteiger charge is 2.46. The van der Waals surface area contributed by atoms with E-state index in [-0.39, 0.29) is 56.1 Å². The number of aliphatic hydroxyl groups is 2. The number of nitrogens with zero attached hydrogens (tertiary/aromatic N) is 3. The second-order valence-electron chi connectivity index (χ2n) is 12.7. The lowest BCUT2D eigenvalue weighted by Crippen LogP contribution is -2.45. The fourth-order valence-electron chi connectivity index (χ4n) is 7.17. The molecule has 2 unspecified atom stereocenters. The summed E-state index contributed by atoms with van der Waals surface area (Å²) >= 11 is 0. The lowest BCUT2D eigenvalue weighted by Gasteiger charge is -2.31. The number of aromatic nitrogens is 2. The van der Waals surface area contributed by atoms with Crippen LogP contribution in [0.15, 0.2) is 16.9 Å². The van der Waals surface area contributed by atoms with Gasteiger partial charge in [0.2, 0.25) is 11.8 Å². The normalized spacial score (nSPS) is 20.1. The van der Waals surface area contributed by atoms with Gasteiger partial charge in [-0.25, -0.2) is 14.2 Å². The van der Waals surface area contributed by atoms with Gasteiger partial charge in [-0.1, -0.05) is 20.3 Å². The van der Waals surface area contributed by atoms with E-state index in [9.17, 15) is 29.4 Å². The molecule has 0 radical (unpaired) electrons. The third-order valence-electron chi connectivity index (χ3n) is 9.63. The van der Waals surface area contributed by atoms with E-state index in [2.05, 4.69) is 5.32 Å². The number of carbonyl (C=O) groups is 3. The lowest BCUT2D eigenvalue weighted by atomic mass is 9.81. The molecule has 1 aliphatic carbocycles. The number of hydrogen-bond donors (Lipinski definition) is 3. The number of benzene rings is 1. The van der Waals surface area contributed by atoms with Crippen molar-refractivity contribution in [3.63, 3.8) is 0 Å². The number of hydrogen-bond acceptors (Lipinski definition) is 8. The molecule has 2 amide bonds. The molecule has 11 nitrogen and oxygen atoms in total. The number of halogens is 1. The molecular formula is C34H39FN4O7. The molecule has 0 saturated carbocycles. The molecule has 3 N–H and O–H groups in total. The third kappa shape index (κ3) is 5.07. The SMILES string of the molecule is CCCCC(=O)N(CC(=O)NC1CCc2c(C)c(F)cc3nc4c(c1c23)Cn1c-4cc2c(c1=O)COC(=O)[C@]2(O)CC)CC(C)O. The molecule has 6 rings (SSSR count). The summed E-state index contributed by atoms with van der Waals surface area (Å²) in [6, 6.07) is 2.44. The van der Waals surface area contributed by atoms with Crippen molar-refractivity contribution in [2.24, 2.45) is 0 Å². The van der Waals surface area contributed by atoms with Gasteiger partial charge >= 0.3 is 5.97 Å². The Morgan fingerprint density at radius 2 is 2.00 bits per heavy atom. The Morgan fingerprint density at radius 3 is 2.70 bits per heavy atom. The third-order valence-corrected chi connectivity index (χ3v) is 9.63. The van der Waals surface area contributed by atoms with E-state index >= 15 is 4.39 Å². The Balaban J connectivity index is 1.45. The van der Waals surface area contributed by atoms with Crippen molar-refractivity contribution in [2.75, 3.05) is 13.1 Å². The van der Waals surface area contributed by atoms with Gasteiger partial charge in [-0.15, -0.1) is 0 Å². The molecule has 0 bridgehead atoms. The van der Waals surface area contributed by atoms with Gasteiger partial charge in [0, 0.05) is 35.5 Å². The number of aliphatic hydroxyl groups excluding tert-OH is 1. The van der Waals surface area contributed by atoms with Crippen LogP contribution in [0.5, 0.6) is 0 Å². The number of fused-ring (bicyclic) bond motifs is 5. The second kappa shape index (κ2) is 11.9. The van der Waals surface area contributed by atoms with Gasteiger partial charge in [0.1, 0.15) is 12.4 Å². The number of ether oxygens (including phenoxy) is 1. The van der Waals surface area contributed by atoms with Crippen LogP contribution in [0.1, 0.15) is 92.3 Å². The molecule has 3 atom stereocenters. The van der Waals surface area contributed by atoms with E-state index in [1.54, 1.807) is 26.8 Å². The molecule has 3 aliphatic rings. The van der Waals surface area contributed by atoms with E-state index in [0.717, 1.165) is 22.9 Å². The minimum absolute atomic E-state index is 0.0000390. The molecule has 2 aromatic heterocycles. The van der Waals surface area contributed by atoms with Crippen molar-refractivity contribution in [1.29, 1.82) is 0 Å². The number of pyridine rings is 2. The summed E-state index contributed by atoms with van der Waals surface area (Å²) in [5, 5.41) is 25.1. The zero-order chi connectivity index (χ0) is 33.1. The summed E-state index contributed by atoms with van der Waals surface area (Å²) in [5.41, 5.74) is 1.86. The van der Waals surface area contributed by atoms with Gasteiger partial charge < -0.3 is 29.7 Å². The van der Waals surface area contributed by atoms with E-state index in [1.165, 1.54) is 15.5 Å². The molecule has 0 fully saturated rings. The fourth-order valence-corrected chi connectivity index (χ4v) is 7.17. The first kappa shape index (κ1) is 31.8. The van der Waals surface area contributed by atoms with Crippen molar-refractivity contribution < 1.29 is 33.7 Å². The van der Waals surface area contributed by atoms with Crippen LogP contribution >= 0.6 is 0 Å². The minimum atomic E-state index is -1.99. The maximum Gasteiger partial charge on any atom is 0.343 e. The van der Waals surface area contributed by atoms with E-state index in [4.69, 9.17) is 9.72 Å². The smallest absolute Gasteiger partial charge is 0.343 e. The van der Waals surface area contributed by atoms with Crippen molar-refractivity contribution in [3.05, 3.63) is 61.7 Å². The maximum absolute atomic E-state index is 15.2. The van der Waals surface area contributed by atoms with Gasteiger partial charge in [0.15, 0.2) is 5.60 Å². The van der Waals surface area contributed by atoms with Crippen molar-refractivity contribution in [2.45, 2.75) is 97.1 Å². The number of aryl methyl sites for hydroxylation is 1. The quantitative estimate of drug-likeness (QED) is 0.238. The molecular weight excluding hydrogens is 595 g/mol. The molecule has 0 saturated heterocycles. The van der Waals surface area contributed by atoms with E-state index in [0.29, 0.717) is 47.3 Å². The number of esters is 1. The van der Waals surface area contributed by atoms with Crippen LogP contribution in [0.4, 0.5) is 4.39 Å². The van der Waals surface area contributed by atoms with Crippen LogP contribution in [0.25, 0.3) is 22.3 Å². The summed E-state index contributed by atoms with van der Waals surface area (Å²) in [6.45, 7) is 6.54. The van der Waals surface area contributed by atoms with Gasteiger partial charge in [-0.2, -0.15) is 0 Å². The molecule has 3 aromatic rings. The highest BCUT2D eigenvalue weighted by molar-refractivity contribution is 5.94. The Labute approximate surface area is 265 Å². The summed E-state index contributed by atoms with van der Waals surface area (Å²) < 4.78 is 21.9. The average molecular weight is 635 g/mol. The number of carbonyl (C=O) groups excluding carboxylic acids is 3. The maximum atomic E-state index is 15.2. The number of cyclic esters (lactones) is 1. The fraction of sp³-hybridized carbons (Fsp3) is 0.500. The monoisotopic (exact) mass is 634 g/mol. The Hall–Kier alpha value is -4.16. The van der Waals surface area contributed by atoms with Crippen molar-refractivity contribution in [3.8, 4) is 11.4 Å². The average Bonchev–Trinajstić information content (AvgIpc) is 3.39. The first-order valence-corrected chi connectivity index (χ1v) is 16.0. The van der Waals surface area contributed by atoms with Crippen LogP contribution in [0.3, 0.4) is 0 Å². The largest absolute Gasteiger partial charge is 0.458 e. The predicted molar refractivity (Wildman–Crippen MR) is 166 cm³/mol. The highest BCUT2D eigenvalue weighted by atomic mass is 19.1. The molecule has 2 aliphatic heterocycles. The van der Waals surface area contributed by atoms with Crippen LogP contribution < -0.4 is 10.9 Å². The molecule has 46 heavy (non-hydrogen) atoms. The number of nitrogens with one attached hydrogen (secondary N) is 1. The molecule has 1 aromatic carbocycles. The van der Waals surface area contributed by atoms with Crippen LogP contribution in [0.2, 0.25) is 0 Å². The summed E-state index contributed by atoms with van der Waals surface area (Å²) in [6.07, 6.45) is 1.89. The highest BCUT2D eigenvalue weighted by Crippen LogP contribution is 2.46. The molecule has 4 heterocycles. The summed E-state index contributed by atoms with van der Waals surface area (Å²) in [4.78, 5) is 59.0. The zero-order valence-electron chi connectivity index (χ0n) is 26.5. The minimum Gasteiger partial charge on any atom is -0.458 e. The van der Waals surface area contributed by atoms with Crippen LogP contribution in [0, 0.1) is 12.7 Å². The van der Waals surface area contributed by atoms with Gasteiger partial charge in [-0.05, 0) is 62.3 Å². The number of rotatable bonds is 9. The van der Waals surface area contributed by atoms with Crippen LogP contribution in [-0.2, 0) is 44.3 Å². The zero-order valence-corrected chi connectivity index (χ0v) is 26.5. The summed E-state index contributed by atoms with van der Waals surface area (Å²) in [5.74, 6) is -1.84. The van der Waals surface area contributed by atoms with Crippen molar-refractivity contribution in [1.82, 2.24) is 19.8 Å². The topological polar surface area (TPSA) is 151 Å². The Bertz CT molecular complexity index is 1850. The van der Waals surface area contributed by atoms with Gasteiger partial charge in [0.25, 0.3) is 5.56 Å².